The quantitative estimate of drug-likeness (QED) is 0.0685. The highest BCUT2D eigenvalue weighted by Gasteiger charge is 2.65. The van der Waals surface area contributed by atoms with E-state index in [-0.39, 0.29) is 35.6 Å². The summed E-state index contributed by atoms with van der Waals surface area (Å²) >= 11 is 0. The van der Waals surface area contributed by atoms with Crippen molar-refractivity contribution in [3.05, 3.63) is 11.3 Å². The lowest BCUT2D eigenvalue weighted by Gasteiger charge is -2.61. The fraction of sp³-hybridized carbons (Fsp3) is 0.961. The van der Waals surface area contributed by atoms with Gasteiger partial charge >= 0.3 is 0 Å². The number of aliphatic hydroxyl groups excluding tert-OH is 14. The summed E-state index contributed by atoms with van der Waals surface area (Å²) < 4.78 is 53.7. The van der Waals surface area contributed by atoms with Crippen molar-refractivity contribution < 1.29 is 114 Å². The van der Waals surface area contributed by atoms with Crippen molar-refractivity contribution in [2.45, 2.75) is 227 Å². The van der Waals surface area contributed by atoms with Gasteiger partial charge in [0.15, 0.2) is 25.2 Å². The highest BCUT2D eigenvalue weighted by atomic mass is 16.8. The third kappa shape index (κ3) is 10.4. The third-order valence-corrected chi connectivity index (χ3v) is 19.5. The molecular formula is C51H84O23. The molecule has 0 unspecified atom stereocenters. The average Bonchev–Trinajstić information content (AvgIpc) is 3.88. The monoisotopic (exact) mass is 1060 g/mol. The second-order valence-corrected chi connectivity index (χ2v) is 23.7. The Balaban J connectivity index is 0.786. The molecule has 0 aromatic carbocycles. The normalized spacial score (nSPS) is 52.9. The minimum absolute atomic E-state index is 0.0590. The molecule has 9 rings (SSSR count). The first-order valence-corrected chi connectivity index (χ1v) is 27.0. The first-order valence-electron chi connectivity index (χ1n) is 27.0. The van der Waals surface area contributed by atoms with E-state index in [9.17, 15) is 71.5 Å². The lowest BCUT2D eigenvalue weighted by Crippen LogP contribution is -2.67. The molecule has 8 fully saturated rings. The van der Waals surface area contributed by atoms with Crippen molar-refractivity contribution >= 4 is 0 Å². The van der Waals surface area contributed by atoms with Crippen LogP contribution in [0.2, 0.25) is 0 Å². The lowest BCUT2D eigenvalue weighted by molar-refractivity contribution is -0.390. The summed E-state index contributed by atoms with van der Waals surface area (Å²) in [6, 6.07) is 0. The largest absolute Gasteiger partial charge is 0.494 e. The maximum atomic E-state index is 11.6. The van der Waals surface area contributed by atoms with Crippen molar-refractivity contribution in [3.63, 3.8) is 0 Å². The smallest absolute Gasteiger partial charge is 0.187 e. The molecule has 0 spiro atoms. The van der Waals surface area contributed by atoms with Crippen LogP contribution < -0.4 is 0 Å². The molecule has 4 saturated heterocycles. The van der Waals surface area contributed by atoms with Crippen molar-refractivity contribution in [1.29, 1.82) is 0 Å². The average molecular weight is 1070 g/mol. The Kier molecular flexibility index (Phi) is 17.8. The molecule has 14 N–H and O–H groups in total. The van der Waals surface area contributed by atoms with Crippen LogP contribution in [0.1, 0.15) is 91.9 Å². The van der Waals surface area contributed by atoms with Crippen LogP contribution in [0.25, 0.3) is 0 Å². The Labute approximate surface area is 430 Å². The summed E-state index contributed by atoms with van der Waals surface area (Å²) in [6.07, 6.45) is -22.6. The number of ether oxygens (including phenoxy) is 9. The van der Waals surface area contributed by atoms with Crippen LogP contribution in [0.3, 0.4) is 0 Å². The molecule has 5 heterocycles. The lowest BCUT2D eigenvalue weighted by atomic mass is 9.44. The molecule has 0 bridgehead atoms. The summed E-state index contributed by atoms with van der Waals surface area (Å²) in [7, 11) is 0. The van der Waals surface area contributed by atoms with Crippen molar-refractivity contribution in [2.24, 2.45) is 46.3 Å². The van der Waals surface area contributed by atoms with Gasteiger partial charge in [-0.1, -0.05) is 20.8 Å². The van der Waals surface area contributed by atoms with Crippen LogP contribution in [0.5, 0.6) is 0 Å². The van der Waals surface area contributed by atoms with E-state index in [1.807, 2.05) is 6.92 Å². The number of hydrogen-bond donors (Lipinski definition) is 14. The van der Waals surface area contributed by atoms with Crippen molar-refractivity contribution in [1.82, 2.24) is 0 Å². The maximum Gasteiger partial charge on any atom is 0.187 e. The summed E-state index contributed by atoms with van der Waals surface area (Å²) in [5.74, 6) is 3.37. The Morgan fingerprint density at radius 2 is 1.07 bits per heavy atom. The van der Waals surface area contributed by atoms with Crippen molar-refractivity contribution in [3.8, 4) is 0 Å². The van der Waals surface area contributed by atoms with Crippen LogP contribution in [0.15, 0.2) is 11.3 Å². The Morgan fingerprint density at radius 1 is 0.541 bits per heavy atom. The molecule has 4 saturated carbocycles. The second kappa shape index (κ2) is 23.0. The van der Waals surface area contributed by atoms with E-state index < -0.39 is 149 Å². The van der Waals surface area contributed by atoms with Gasteiger partial charge in [-0.15, -0.1) is 0 Å². The van der Waals surface area contributed by atoms with Crippen molar-refractivity contribution in [2.75, 3.05) is 33.0 Å². The molecule has 0 aromatic rings. The predicted molar refractivity (Wildman–Crippen MR) is 250 cm³/mol. The number of aliphatic hydroxyl groups is 14. The zero-order chi connectivity index (χ0) is 53.3. The van der Waals surface area contributed by atoms with E-state index in [1.165, 1.54) is 5.57 Å². The van der Waals surface area contributed by atoms with Gasteiger partial charge in [0.05, 0.1) is 44.9 Å². The van der Waals surface area contributed by atoms with E-state index >= 15 is 0 Å². The fourth-order valence-corrected chi connectivity index (χ4v) is 15.2. The van der Waals surface area contributed by atoms with Crippen LogP contribution in [-0.4, -0.2) is 240 Å². The molecule has 0 aromatic heterocycles. The van der Waals surface area contributed by atoms with Crippen LogP contribution in [0, 0.1) is 46.3 Å². The molecule has 0 radical (unpaired) electrons. The van der Waals surface area contributed by atoms with Gasteiger partial charge in [0.2, 0.25) is 0 Å². The minimum Gasteiger partial charge on any atom is -0.494 e. The number of hydrogen-bond acceptors (Lipinski definition) is 23. The molecule has 74 heavy (non-hydrogen) atoms. The topological polar surface area (TPSA) is 366 Å². The maximum absolute atomic E-state index is 11.6. The predicted octanol–water partition coefficient (Wildman–Crippen LogP) is -3.01. The summed E-state index contributed by atoms with van der Waals surface area (Å²) in [6.45, 7) is 6.62. The van der Waals surface area contributed by atoms with E-state index in [2.05, 4.69) is 20.8 Å². The Hall–Kier alpha value is -1.34. The highest BCUT2D eigenvalue weighted by Crippen LogP contribution is 2.70. The van der Waals surface area contributed by atoms with Gasteiger partial charge in [0.25, 0.3) is 0 Å². The molecule has 9 aliphatic rings. The second-order valence-electron chi connectivity index (χ2n) is 23.7. The third-order valence-electron chi connectivity index (χ3n) is 19.5. The van der Waals surface area contributed by atoms with Gasteiger partial charge in [0.1, 0.15) is 104 Å². The first-order chi connectivity index (χ1) is 35.2. The van der Waals surface area contributed by atoms with Gasteiger partial charge in [-0.3, -0.25) is 0 Å². The van der Waals surface area contributed by atoms with Gasteiger partial charge in [0, 0.05) is 12.3 Å². The summed E-state index contributed by atoms with van der Waals surface area (Å²) in [5.41, 5.74) is 1.49. The number of rotatable bonds is 16. The van der Waals surface area contributed by atoms with Gasteiger partial charge in [-0.2, -0.15) is 0 Å². The van der Waals surface area contributed by atoms with Crippen LogP contribution in [-0.2, 0) is 42.6 Å². The molecule has 23 nitrogen and oxygen atoms in total. The van der Waals surface area contributed by atoms with Gasteiger partial charge < -0.3 is 114 Å². The molecule has 426 valence electrons. The van der Waals surface area contributed by atoms with Gasteiger partial charge in [-0.25, -0.2) is 0 Å². The molecule has 5 aliphatic heterocycles. The highest BCUT2D eigenvalue weighted by molar-refractivity contribution is 5.27. The number of fused-ring (bicyclic) bond motifs is 7. The molecule has 0 amide bonds. The Bertz CT molecular complexity index is 1890. The van der Waals surface area contributed by atoms with E-state index in [4.69, 9.17) is 42.6 Å². The molecule has 30 atom stereocenters. The van der Waals surface area contributed by atoms with Crippen LogP contribution in [0.4, 0.5) is 0 Å². The first kappa shape index (κ1) is 57.3. The molecule has 23 heteroatoms. The van der Waals surface area contributed by atoms with E-state index in [1.54, 1.807) is 0 Å². The van der Waals surface area contributed by atoms with E-state index in [0.717, 1.165) is 63.5 Å². The number of allylic oxidation sites excluding steroid dienone is 1. The fourth-order valence-electron chi connectivity index (χ4n) is 15.2. The van der Waals surface area contributed by atoms with E-state index in [0.29, 0.717) is 36.0 Å². The zero-order valence-corrected chi connectivity index (χ0v) is 42.7. The summed E-state index contributed by atoms with van der Waals surface area (Å²) in [5, 5.41) is 147. The zero-order valence-electron chi connectivity index (χ0n) is 42.7. The Morgan fingerprint density at radius 3 is 1.72 bits per heavy atom. The molecular weight excluding hydrogens is 981 g/mol. The summed E-state index contributed by atoms with van der Waals surface area (Å²) in [4.78, 5) is 0. The van der Waals surface area contributed by atoms with Gasteiger partial charge in [-0.05, 0) is 111 Å². The standard InChI is InChI=1S/C51H84O23/c1-20(19-66-46-41(63)37(59)34(56)29(15-52)69-46)5-8-27-21(2)33-28(68-27)14-26-24-7-6-22-13-23(9-11-50(22,3)25(24)10-12-51(26,33)4)67-47-43(65)40(62)44(32(18-55)72-47)73-49-45(39(61)36(58)31(17-54)71-49)74-48-42(64)38(60)35(57)30(16-53)70-48/h20,22-26,28-49,52-65H,5-19H2,1-4H3/t20-,22-,23-,24+,25-,26-,28-,29+,30+,31+,32+,33-,34+,35+,36+,37-,38-,39-,40+,41+,42+,43+,44-,45+,46+,47+,48-,49-,50-,51-/m0/s1. The molecule has 4 aliphatic carbocycles. The minimum atomic E-state index is -1.91. The SMILES string of the molecule is CC1=C(CC[C@H](C)CO[C@@H]2O[C@H](CO)[C@@H](O)[C@H](O)[C@H]2O)O[C@H]2C[C@H]3[C@@H]4CC[C@H]5C[C@@H](O[C@@H]6O[C@H](CO)[C@H](O[C@@H]7O[C@H](CO)[C@@H](O)[C@H](O)[C@H]7O[C@@H]7O[C@H](CO)[C@@H](O)[C@H](O)[C@H]7O)[C@H](O)[C@H]6O)CC[C@]5(C)[C@H]4CC[C@]3(C)[C@@H]12. The van der Waals surface area contributed by atoms with Crippen LogP contribution >= 0.6 is 0 Å².